The molecule has 1 unspecified atom stereocenters. The van der Waals surface area contributed by atoms with Crippen molar-refractivity contribution in [1.82, 2.24) is 0 Å². The molecule has 3 rings (SSSR count). The standard InChI is InChI=1S/C16H14FNO3/c17-13-8-12(19)5-6-14(13)18-16(20)11-7-10-3-1-2-4-15(10)21-9-11/h1-6,8,11,19H,7,9H2,(H,18,20). The SMILES string of the molecule is O=C(Nc1ccc(O)cc1F)C1COc2ccccc2C1. The Hall–Kier alpha value is -2.56. The van der Waals surface area contributed by atoms with Gasteiger partial charge in [-0.15, -0.1) is 0 Å². The molecule has 2 N–H and O–H groups in total. The van der Waals surface area contributed by atoms with Crippen molar-refractivity contribution in [2.75, 3.05) is 11.9 Å². The third kappa shape index (κ3) is 2.81. The lowest BCUT2D eigenvalue weighted by molar-refractivity contribution is -0.121. The molecule has 4 nitrogen and oxygen atoms in total. The number of amides is 1. The molecule has 21 heavy (non-hydrogen) atoms. The second-order valence-corrected chi connectivity index (χ2v) is 4.97. The summed E-state index contributed by atoms with van der Waals surface area (Å²) >= 11 is 0. The Morgan fingerprint density at radius 2 is 2.10 bits per heavy atom. The maximum atomic E-state index is 13.6. The first-order valence-corrected chi connectivity index (χ1v) is 6.63. The van der Waals surface area contributed by atoms with Crippen LogP contribution in [0.5, 0.6) is 11.5 Å². The Balaban J connectivity index is 1.72. The smallest absolute Gasteiger partial charge is 0.231 e. The quantitative estimate of drug-likeness (QED) is 0.835. The van der Waals surface area contributed by atoms with E-state index < -0.39 is 5.82 Å². The van der Waals surface area contributed by atoms with E-state index in [9.17, 15) is 9.18 Å². The molecule has 5 heteroatoms. The lowest BCUT2D eigenvalue weighted by Gasteiger charge is -2.24. The van der Waals surface area contributed by atoms with Gasteiger partial charge in [-0.2, -0.15) is 0 Å². The molecule has 0 saturated heterocycles. The van der Waals surface area contributed by atoms with Crippen molar-refractivity contribution in [3.05, 3.63) is 53.8 Å². The fourth-order valence-electron chi connectivity index (χ4n) is 2.34. The van der Waals surface area contributed by atoms with Gasteiger partial charge in [0.05, 0.1) is 11.6 Å². The van der Waals surface area contributed by atoms with Gasteiger partial charge in [0.25, 0.3) is 0 Å². The number of benzene rings is 2. The minimum Gasteiger partial charge on any atom is -0.508 e. The summed E-state index contributed by atoms with van der Waals surface area (Å²) in [5.41, 5.74) is 1.02. The number of aromatic hydroxyl groups is 1. The molecule has 2 aromatic rings. The van der Waals surface area contributed by atoms with Crippen LogP contribution in [0.1, 0.15) is 5.56 Å². The maximum Gasteiger partial charge on any atom is 0.231 e. The van der Waals surface area contributed by atoms with E-state index in [1.165, 1.54) is 12.1 Å². The van der Waals surface area contributed by atoms with Crippen LogP contribution in [0.2, 0.25) is 0 Å². The molecular weight excluding hydrogens is 273 g/mol. The number of nitrogens with one attached hydrogen (secondary N) is 1. The summed E-state index contributed by atoms with van der Waals surface area (Å²) in [4.78, 5) is 12.2. The number of hydrogen-bond acceptors (Lipinski definition) is 3. The van der Waals surface area contributed by atoms with Gasteiger partial charge < -0.3 is 15.2 Å². The lowest BCUT2D eigenvalue weighted by Crippen LogP contribution is -2.32. The van der Waals surface area contributed by atoms with Crippen LogP contribution in [0.3, 0.4) is 0 Å². The number of ether oxygens (including phenoxy) is 1. The van der Waals surface area contributed by atoms with E-state index in [-0.39, 0.29) is 29.9 Å². The summed E-state index contributed by atoms with van der Waals surface area (Å²) in [6.45, 7) is 0.266. The highest BCUT2D eigenvalue weighted by Crippen LogP contribution is 2.28. The zero-order valence-electron chi connectivity index (χ0n) is 11.2. The molecule has 0 spiro atoms. The van der Waals surface area contributed by atoms with Gasteiger partial charge in [0.2, 0.25) is 5.91 Å². The predicted molar refractivity (Wildman–Crippen MR) is 75.8 cm³/mol. The van der Waals surface area contributed by atoms with Gasteiger partial charge in [0, 0.05) is 6.07 Å². The number of anilines is 1. The Labute approximate surface area is 121 Å². The van der Waals surface area contributed by atoms with Crippen LogP contribution in [-0.2, 0) is 11.2 Å². The topological polar surface area (TPSA) is 58.6 Å². The highest BCUT2D eigenvalue weighted by Gasteiger charge is 2.26. The summed E-state index contributed by atoms with van der Waals surface area (Å²) < 4.78 is 19.2. The molecule has 1 amide bonds. The third-order valence-corrected chi connectivity index (χ3v) is 3.46. The molecule has 0 radical (unpaired) electrons. The minimum absolute atomic E-state index is 0.0525. The number of carbonyl (C=O) groups is 1. The fraction of sp³-hybridized carbons (Fsp3) is 0.188. The molecule has 1 heterocycles. The lowest BCUT2D eigenvalue weighted by atomic mass is 9.96. The van der Waals surface area contributed by atoms with Gasteiger partial charge in [0.1, 0.15) is 23.9 Å². The summed E-state index contributed by atoms with van der Waals surface area (Å²) in [5, 5.41) is 11.7. The van der Waals surface area contributed by atoms with Crippen molar-refractivity contribution < 1.29 is 19.0 Å². The molecule has 2 aromatic carbocycles. The normalized spacial score (nSPS) is 16.7. The van der Waals surface area contributed by atoms with E-state index in [4.69, 9.17) is 9.84 Å². The zero-order valence-corrected chi connectivity index (χ0v) is 11.2. The molecule has 0 saturated carbocycles. The molecule has 108 valence electrons. The van der Waals surface area contributed by atoms with Gasteiger partial charge in [-0.1, -0.05) is 18.2 Å². The Kier molecular flexibility index (Phi) is 3.48. The molecule has 0 aliphatic carbocycles. The van der Waals surface area contributed by atoms with Crippen LogP contribution in [0, 0.1) is 11.7 Å². The van der Waals surface area contributed by atoms with Crippen molar-refractivity contribution in [2.45, 2.75) is 6.42 Å². The summed E-state index contributed by atoms with van der Waals surface area (Å²) in [6, 6.07) is 11.2. The second kappa shape index (κ2) is 5.44. The van der Waals surface area contributed by atoms with E-state index in [1.807, 2.05) is 24.3 Å². The van der Waals surface area contributed by atoms with Crippen LogP contribution < -0.4 is 10.1 Å². The number of hydrogen-bond donors (Lipinski definition) is 2. The van der Waals surface area contributed by atoms with E-state index >= 15 is 0 Å². The first kappa shape index (κ1) is 13.4. The first-order valence-electron chi connectivity index (χ1n) is 6.63. The monoisotopic (exact) mass is 287 g/mol. The molecule has 1 aliphatic heterocycles. The van der Waals surface area contributed by atoms with Crippen LogP contribution >= 0.6 is 0 Å². The fourth-order valence-corrected chi connectivity index (χ4v) is 2.34. The summed E-state index contributed by atoms with van der Waals surface area (Å²) in [7, 11) is 0. The highest BCUT2D eigenvalue weighted by atomic mass is 19.1. The molecule has 0 fully saturated rings. The summed E-state index contributed by atoms with van der Waals surface area (Å²) in [5.74, 6) is -0.722. The predicted octanol–water partition coefficient (Wildman–Crippen LogP) is 2.72. The Morgan fingerprint density at radius 1 is 1.29 bits per heavy atom. The number of carbonyl (C=O) groups excluding carboxylic acids is 1. The first-order chi connectivity index (χ1) is 10.1. The van der Waals surface area contributed by atoms with Crippen molar-refractivity contribution in [1.29, 1.82) is 0 Å². The van der Waals surface area contributed by atoms with Gasteiger partial charge in [-0.3, -0.25) is 4.79 Å². The second-order valence-electron chi connectivity index (χ2n) is 4.97. The highest BCUT2D eigenvalue weighted by molar-refractivity contribution is 5.93. The van der Waals surface area contributed by atoms with Crippen LogP contribution in [0.15, 0.2) is 42.5 Å². The van der Waals surface area contributed by atoms with Gasteiger partial charge >= 0.3 is 0 Å². The van der Waals surface area contributed by atoms with E-state index in [0.29, 0.717) is 6.42 Å². The number of rotatable bonds is 2. The minimum atomic E-state index is -0.666. The van der Waals surface area contributed by atoms with E-state index in [1.54, 1.807) is 0 Å². The largest absolute Gasteiger partial charge is 0.508 e. The van der Waals surface area contributed by atoms with Crippen LogP contribution in [-0.4, -0.2) is 17.6 Å². The molecule has 0 aromatic heterocycles. The van der Waals surface area contributed by atoms with Crippen molar-refractivity contribution in [3.8, 4) is 11.5 Å². The van der Waals surface area contributed by atoms with Gasteiger partial charge in [-0.25, -0.2) is 4.39 Å². The Morgan fingerprint density at radius 3 is 2.90 bits per heavy atom. The van der Waals surface area contributed by atoms with E-state index in [0.717, 1.165) is 17.4 Å². The molecule has 1 atom stereocenters. The number of phenolic OH excluding ortho intramolecular Hbond substituents is 1. The van der Waals surface area contributed by atoms with Crippen LogP contribution in [0.4, 0.5) is 10.1 Å². The average Bonchev–Trinajstić information content (AvgIpc) is 2.49. The average molecular weight is 287 g/mol. The number of fused-ring (bicyclic) bond motifs is 1. The van der Waals surface area contributed by atoms with Gasteiger partial charge in [-0.05, 0) is 30.2 Å². The number of phenols is 1. The Bertz CT molecular complexity index is 687. The molecular formula is C16H14FNO3. The van der Waals surface area contributed by atoms with Crippen molar-refractivity contribution in [3.63, 3.8) is 0 Å². The van der Waals surface area contributed by atoms with Crippen LogP contribution in [0.25, 0.3) is 0 Å². The molecule has 0 bridgehead atoms. The number of halogens is 1. The summed E-state index contributed by atoms with van der Waals surface area (Å²) in [6.07, 6.45) is 0.557. The van der Waals surface area contributed by atoms with E-state index in [2.05, 4.69) is 5.32 Å². The zero-order chi connectivity index (χ0) is 14.8. The van der Waals surface area contributed by atoms with Crippen molar-refractivity contribution in [2.24, 2.45) is 5.92 Å². The number of para-hydroxylation sites is 1. The molecule has 1 aliphatic rings. The third-order valence-electron chi connectivity index (χ3n) is 3.46. The maximum absolute atomic E-state index is 13.6. The van der Waals surface area contributed by atoms with Gasteiger partial charge in [0.15, 0.2) is 0 Å². The van der Waals surface area contributed by atoms with Crippen molar-refractivity contribution >= 4 is 11.6 Å².